The van der Waals surface area contributed by atoms with E-state index in [0.29, 0.717) is 12.1 Å². The van der Waals surface area contributed by atoms with Gasteiger partial charge in [-0.25, -0.2) is 4.39 Å². The number of benzene rings is 1. The zero-order valence-corrected chi connectivity index (χ0v) is 14.0. The summed E-state index contributed by atoms with van der Waals surface area (Å²) in [5, 5.41) is 3.62. The fourth-order valence-corrected chi connectivity index (χ4v) is 2.81. The van der Waals surface area contributed by atoms with E-state index in [4.69, 9.17) is 0 Å². The maximum atomic E-state index is 13.2. The third-order valence-corrected chi connectivity index (χ3v) is 4.01. The standard InChI is InChI=1S/C18H31FN2/c1-5-21(6-2)12-8-9-15(3)20-16(4)13-17-10-7-11-18(19)14-17/h7,10-11,14-16,20H,5-6,8-9,12-13H2,1-4H3. The minimum Gasteiger partial charge on any atom is -0.311 e. The van der Waals surface area contributed by atoms with Crippen LogP contribution >= 0.6 is 0 Å². The number of nitrogens with zero attached hydrogens (tertiary/aromatic N) is 1. The summed E-state index contributed by atoms with van der Waals surface area (Å²) in [6, 6.07) is 7.78. The lowest BCUT2D eigenvalue weighted by molar-refractivity contribution is 0.288. The molecule has 1 rings (SSSR count). The summed E-state index contributed by atoms with van der Waals surface area (Å²) in [5.74, 6) is -0.146. The SMILES string of the molecule is CCN(CC)CCCC(C)NC(C)Cc1cccc(F)c1. The van der Waals surface area contributed by atoms with Crippen LogP contribution < -0.4 is 5.32 Å². The van der Waals surface area contributed by atoms with Crippen molar-refractivity contribution in [2.45, 2.75) is 59.0 Å². The molecule has 21 heavy (non-hydrogen) atoms. The van der Waals surface area contributed by atoms with Gasteiger partial charge in [-0.3, -0.25) is 0 Å². The highest BCUT2D eigenvalue weighted by Gasteiger charge is 2.09. The van der Waals surface area contributed by atoms with Crippen molar-refractivity contribution < 1.29 is 4.39 Å². The molecule has 0 saturated carbocycles. The van der Waals surface area contributed by atoms with E-state index in [-0.39, 0.29) is 5.82 Å². The molecular formula is C18H31FN2. The van der Waals surface area contributed by atoms with Crippen LogP contribution in [0.2, 0.25) is 0 Å². The largest absolute Gasteiger partial charge is 0.311 e. The highest BCUT2D eigenvalue weighted by molar-refractivity contribution is 5.17. The van der Waals surface area contributed by atoms with E-state index >= 15 is 0 Å². The molecule has 1 aromatic carbocycles. The molecule has 120 valence electrons. The Balaban J connectivity index is 2.25. The minimum absolute atomic E-state index is 0.146. The summed E-state index contributed by atoms with van der Waals surface area (Å²) in [4.78, 5) is 2.46. The Morgan fingerprint density at radius 3 is 2.48 bits per heavy atom. The average Bonchev–Trinajstić information content (AvgIpc) is 2.43. The lowest BCUT2D eigenvalue weighted by Gasteiger charge is -2.22. The van der Waals surface area contributed by atoms with Gasteiger partial charge in [0.15, 0.2) is 0 Å². The molecule has 0 aliphatic heterocycles. The van der Waals surface area contributed by atoms with E-state index in [9.17, 15) is 4.39 Å². The molecule has 0 amide bonds. The lowest BCUT2D eigenvalue weighted by Crippen LogP contribution is -2.36. The third-order valence-electron chi connectivity index (χ3n) is 4.01. The van der Waals surface area contributed by atoms with Crippen LogP contribution in [0.25, 0.3) is 0 Å². The predicted octanol–water partition coefficient (Wildman–Crippen LogP) is 3.86. The molecule has 3 heteroatoms. The molecule has 0 aliphatic rings. The first kappa shape index (κ1) is 18.1. The average molecular weight is 294 g/mol. The van der Waals surface area contributed by atoms with Gasteiger partial charge in [0, 0.05) is 12.1 Å². The van der Waals surface area contributed by atoms with Crippen LogP contribution in [0.3, 0.4) is 0 Å². The maximum absolute atomic E-state index is 13.2. The molecule has 0 aromatic heterocycles. The third kappa shape index (κ3) is 7.58. The molecule has 0 heterocycles. The van der Waals surface area contributed by atoms with Crippen LogP contribution in [-0.4, -0.2) is 36.6 Å². The molecule has 0 fully saturated rings. The number of hydrogen-bond donors (Lipinski definition) is 1. The Morgan fingerprint density at radius 2 is 1.86 bits per heavy atom. The molecule has 0 bridgehead atoms. The Kier molecular flexibility index (Phi) is 8.55. The Bertz CT molecular complexity index is 391. The maximum Gasteiger partial charge on any atom is 0.123 e. The van der Waals surface area contributed by atoms with Gasteiger partial charge in [-0.1, -0.05) is 26.0 Å². The van der Waals surface area contributed by atoms with Crippen LogP contribution in [0.4, 0.5) is 4.39 Å². The van der Waals surface area contributed by atoms with Gasteiger partial charge < -0.3 is 10.2 Å². The quantitative estimate of drug-likeness (QED) is 0.705. The van der Waals surface area contributed by atoms with Crippen molar-refractivity contribution in [2.24, 2.45) is 0 Å². The molecule has 0 saturated heterocycles. The molecule has 2 nitrogen and oxygen atoms in total. The Hall–Kier alpha value is -0.930. The van der Waals surface area contributed by atoms with Gasteiger partial charge in [0.25, 0.3) is 0 Å². The summed E-state index contributed by atoms with van der Waals surface area (Å²) in [5.41, 5.74) is 1.06. The fourth-order valence-electron chi connectivity index (χ4n) is 2.81. The van der Waals surface area contributed by atoms with Crippen molar-refractivity contribution in [1.82, 2.24) is 10.2 Å². The van der Waals surface area contributed by atoms with Gasteiger partial charge in [0.1, 0.15) is 5.82 Å². The highest BCUT2D eigenvalue weighted by Crippen LogP contribution is 2.08. The van der Waals surface area contributed by atoms with E-state index in [2.05, 4.69) is 37.9 Å². The molecule has 1 N–H and O–H groups in total. The number of halogens is 1. The molecule has 1 aromatic rings. The number of nitrogens with one attached hydrogen (secondary N) is 1. The lowest BCUT2D eigenvalue weighted by atomic mass is 10.1. The molecule has 2 unspecified atom stereocenters. The number of rotatable bonds is 10. The van der Waals surface area contributed by atoms with Gasteiger partial charge in [0.05, 0.1) is 0 Å². The zero-order chi connectivity index (χ0) is 15.7. The smallest absolute Gasteiger partial charge is 0.123 e. The second-order valence-corrected chi connectivity index (χ2v) is 5.97. The first-order valence-electron chi connectivity index (χ1n) is 8.28. The molecular weight excluding hydrogens is 263 g/mol. The topological polar surface area (TPSA) is 15.3 Å². The molecule has 0 aliphatic carbocycles. The summed E-state index contributed by atoms with van der Waals surface area (Å²) < 4.78 is 13.2. The van der Waals surface area contributed by atoms with Crippen LogP contribution in [-0.2, 0) is 6.42 Å². The van der Waals surface area contributed by atoms with Gasteiger partial charge in [-0.05, 0) is 70.4 Å². The summed E-state index contributed by atoms with van der Waals surface area (Å²) in [6.07, 6.45) is 3.28. The Labute approximate surface area is 129 Å². The molecule has 0 radical (unpaired) electrons. The van der Waals surface area contributed by atoms with Gasteiger partial charge in [0.2, 0.25) is 0 Å². The van der Waals surface area contributed by atoms with Crippen LogP contribution in [0, 0.1) is 5.82 Å². The number of hydrogen-bond acceptors (Lipinski definition) is 2. The van der Waals surface area contributed by atoms with Crippen molar-refractivity contribution in [3.05, 3.63) is 35.6 Å². The van der Waals surface area contributed by atoms with E-state index in [1.165, 1.54) is 25.5 Å². The highest BCUT2D eigenvalue weighted by atomic mass is 19.1. The molecule has 2 atom stereocenters. The second kappa shape index (κ2) is 9.91. The van der Waals surface area contributed by atoms with Crippen molar-refractivity contribution in [2.75, 3.05) is 19.6 Å². The van der Waals surface area contributed by atoms with E-state index in [0.717, 1.165) is 25.1 Å². The monoisotopic (exact) mass is 294 g/mol. The van der Waals surface area contributed by atoms with Crippen LogP contribution in [0.15, 0.2) is 24.3 Å². The van der Waals surface area contributed by atoms with Gasteiger partial charge in [-0.15, -0.1) is 0 Å². The van der Waals surface area contributed by atoms with Crippen molar-refractivity contribution in [3.63, 3.8) is 0 Å². The van der Waals surface area contributed by atoms with Crippen molar-refractivity contribution in [1.29, 1.82) is 0 Å². The first-order valence-corrected chi connectivity index (χ1v) is 8.28. The summed E-state index contributed by atoms with van der Waals surface area (Å²) in [7, 11) is 0. The zero-order valence-electron chi connectivity index (χ0n) is 14.0. The summed E-state index contributed by atoms with van der Waals surface area (Å²) in [6.45, 7) is 12.3. The van der Waals surface area contributed by atoms with Crippen LogP contribution in [0.1, 0.15) is 46.1 Å². The van der Waals surface area contributed by atoms with Crippen LogP contribution in [0.5, 0.6) is 0 Å². The second-order valence-electron chi connectivity index (χ2n) is 5.97. The van der Waals surface area contributed by atoms with Crippen molar-refractivity contribution >= 4 is 0 Å². The van der Waals surface area contributed by atoms with Gasteiger partial charge >= 0.3 is 0 Å². The molecule has 0 spiro atoms. The van der Waals surface area contributed by atoms with E-state index in [1.807, 2.05) is 6.07 Å². The van der Waals surface area contributed by atoms with Crippen molar-refractivity contribution in [3.8, 4) is 0 Å². The van der Waals surface area contributed by atoms with E-state index in [1.54, 1.807) is 12.1 Å². The fraction of sp³-hybridized carbons (Fsp3) is 0.667. The summed E-state index contributed by atoms with van der Waals surface area (Å²) >= 11 is 0. The Morgan fingerprint density at radius 1 is 1.14 bits per heavy atom. The first-order chi connectivity index (χ1) is 10.0. The van der Waals surface area contributed by atoms with Gasteiger partial charge in [-0.2, -0.15) is 0 Å². The normalized spacial score (nSPS) is 14.4. The minimum atomic E-state index is -0.146. The predicted molar refractivity (Wildman–Crippen MR) is 89.2 cm³/mol. The van der Waals surface area contributed by atoms with E-state index < -0.39 is 0 Å².